The first kappa shape index (κ1) is 24.3. The Hall–Kier alpha value is -3.84. The lowest BCUT2D eigenvalue weighted by atomic mass is 10.1. The zero-order valence-corrected chi connectivity index (χ0v) is 20.6. The molecule has 0 aliphatic rings. The van der Waals surface area contributed by atoms with Crippen molar-refractivity contribution in [1.29, 1.82) is 0 Å². The highest BCUT2D eigenvalue weighted by Gasteiger charge is 2.18. The Morgan fingerprint density at radius 1 is 0.886 bits per heavy atom. The lowest BCUT2D eigenvalue weighted by Gasteiger charge is -2.23. The van der Waals surface area contributed by atoms with Crippen LogP contribution in [-0.2, 0) is 16.6 Å². The number of hydrogen-bond acceptors (Lipinski definition) is 4. The average molecular weight is 489 g/mol. The van der Waals surface area contributed by atoms with E-state index in [4.69, 9.17) is 4.74 Å². The summed E-state index contributed by atoms with van der Waals surface area (Å²) in [6.07, 6.45) is 1.18. The minimum Gasteiger partial charge on any atom is -0.491 e. The minimum atomic E-state index is -3.50. The first-order valence-electron chi connectivity index (χ1n) is 11.3. The number of carbonyl (C=O) groups is 1. The second kappa shape index (κ2) is 10.6. The van der Waals surface area contributed by atoms with E-state index in [1.807, 2.05) is 73.7 Å². The predicted octanol–water partition coefficient (Wildman–Crippen LogP) is 4.92. The van der Waals surface area contributed by atoms with Gasteiger partial charge in [0, 0.05) is 10.9 Å². The number of amides is 1. The smallest absolute Gasteiger partial charge is 0.251 e. The largest absolute Gasteiger partial charge is 0.491 e. The van der Waals surface area contributed by atoms with Crippen LogP contribution in [0.15, 0.2) is 91.0 Å². The van der Waals surface area contributed by atoms with Crippen LogP contribution >= 0.6 is 0 Å². The van der Waals surface area contributed by atoms with Crippen LogP contribution in [-0.4, -0.2) is 33.7 Å². The number of aryl methyl sites for hydroxylation is 1. The summed E-state index contributed by atoms with van der Waals surface area (Å²) in [4.78, 5) is 12.6. The van der Waals surface area contributed by atoms with E-state index in [-0.39, 0.29) is 12.5 Å². The van der Waals surface area contributed by atoms with Gasteiger partial charge in [-0.05, 0) is 48.2 Å². The third-order valence-corrected chi connectivity index (χ3v) is 6.80. The summed E-state index contributed by atoms with van der Waals surface area (Å²) in [6, 6.07) is 28.1. The monoisotopic (exact) mass is 488 g/mol. The fourth-order valence-electron chi connectivity index (χ4n) is 3.79. The third kappa shape index (κ3) is 6.19. The summed E-state index contributed by atoms with van der Waals surface area (Å²) in [5, 5.41) is 4.97. The van der Waals surface area contributed by atoms with Crippen molar-refractivity contribution in [1.82, 2.24) is 5.32 Å². The lowest BCUT2D eigenvalue weighted by molar-refractivity contribution is 0.0947. The van der Waals surface area contributed by atoms with Crippen molar-refractivity contribution in [2.24, 2.45) is 0 Å². The van der Waals surface area contributed by atoms with Gasteiger partial charge in [-0.3, -0.25) is 9.10 Å². The molecule has 0 bridgehead atoms. The van der Waals surface area contributed by atoms with Gasteiger partial charge in [-0.25, -0.2) is 8.42 Å². The van der Waals surface area contributed by atoms with E-state index in [0.29, 0.717) is 24.4 Å². The van der Waals surface area contributed by atoms with Crippen LogP contribution in [0.25, 0.3) is 10.8 Å². The molecule has 0 fully saturated rings. The molecule has 0 unspecified atom stereocenters. The van der Waals surface area contributed by atoms with Crippen LogP contribution in [0.1, 0.15) is 21.5 Å². The molecule has 0 heterocycles. The van der Waals surface area contributed by atoms with Gasteiger partial charge in [0.1, 0.15) is 12.4 Å². The molecule has 0 saturated carbocycles. The van der Waals surface area contributed by atoms with Crippen molar-refractivity contribution in [3.8, 4) is 5.75 Å². The fourth-order valence-corrected chi connectivity index (χ4v) is 4.68. The number of hydrogen-bond donors (Lipinski definition) is 1. The van der Waals surface area contributed by atoms with Gasteiger partial charge in [0.2, 0.25) is 10.0 Å². The van der Waals surface area contributed by atoms with Crippen molar-refractivity contribution in [2.75, 3.05) is 23.7 Å². The number of carbonyl (C=O) groups excluding carboxylic acids is 1. The van der Waals surface area contributed by atoms with Gasteiger partial charge in [0.15, 0.2) is 0 Å². The molecule has 0 atom stereocenters. The number of nitrogens with one attached hydrogen (secondary N) is 1. The molecule has 0 aromatic heterocycles. The molecule has 0 aliphatic carbocycles. The van der Waals surface area contributed by atoms with Gasteiger partial charge in [0.05, 0.1) is 25.0 Å². The molecule has 4 aromatic carbocycles. The predicted molar refractivity (Wildman–Crippen MR) is 140 cm³/mol. The minimum absolute atomic E-state index is 0.218. The lowest BCUT2D eigenvalue weighted by Crippen LogP contribution is -2.30. The van der Waals surface area contributed by atoms with E-state index in [1.54, 1.807) is 24.3 Å². The molecule has 0 spiro atoms. The number of fused-ring (bicyclic) bond motifs is 1. The molecule has 0 radical (unpaired) electrons. The highest BCUT2D eigenvalue weighted by atomic mass is 32.2. The summed E-state index contributed by atoms with van der Waals surface area (Å²) in [6.45, 7) is 2.87. The third-order valence-electron chi connectivity index (χ3n) is 5.66. The van der Waals surface area contributed by atoms with Crippen LogP contribution in [0.2, 0.25) is 0 Å². The topological polar surface area (TPSA) is 75.7 Å². The number of rotatable bonds is 9. The fraction of sp³-hybridized carbons (Fsp3) is 0.179. The zero-order chi connectivity index (χ0) is 24.8. The van der Waals surface area contributed by atoms with E-state index in [1.165, 1.54) is 10.6 Å². The van der Waals surface area contributed by atoms with E-state index in [9.17, 15) is 13.2 Å². The molecule has 6 nitrogen and oxygen atoms in total. The zero-order valence-electron chi connectivity index (χ0n) is 19.8. The highest BCUT2D eigenvalue weighted by molar-refractivity contribution is 7.92. The second-order valence-electron chi connectivity index (χ2n) is 8.38. The summed E-state index contributed by atoms with van der Waals surface area (Å²) < 4.78 is 32.1. The number of anilines is 1. The first-order valence-corrected chi connectivity index (χ1v) is 13.2. The van der Waals surface area contributed by atoms with Crippen molar-refractivity contribution in [3.05, 3.63) is 108 Å². The molecule has 0 saturated heterocycles. The Morgan fingerprint density at radius 3 is 2.29 bits per heavy atom. The van der Waals surface area contributed by atoms with Crippen LogP contribution in [0.5, 0.6) is 5.75 Å². The Kier molecular flexibility index (Phi) is 7.36. The van der Waals surface area contributed by atoms with Crippen LogP contribution in [0, 0.1) is 6.92 Å². The van der Waals surface area contributed by atoms with Crippen molar-refractivity contribution >= 4 is 32.4 Å². The molecule has 4 aromatic rings. The molecule has 1 N–H and O–H groups in total. The Bertz CT molecular complexity index is 1410. The summed E-state index contributed by atoms with van der Waals surface area (Å²) in [5.74, 6) is 0.527. The normalized spacial score (nSPS) is 11.3. The number of ether oxygens (including phenoxy) is 1. The number of benzene rings is 4. The van der Waals surface area contributed by atoms with Crippen LogP contribution in [0.3, 0.4) is 0 Å². The average Bonchev–Trinajstić information content (AvgIpc) is 2.85. The summed E-state index contributed by atoms with van der Waals surface area (Å²) in [5.41, 5.74) is 2.94. The molecular weight excluding hydrogens is 460 g/mol. The number of sulfonamides is 1. The molecule has 180 valence electrons. The van der Waals surface area contributed by atoms with Crippen molar-refractivity contribution in [2.45, 2.75) is 13.5 Å². The second-order valence-corrected chi connectivity index (χ2v) is 10.3. The van der Waals surface area contributed by atoms with Gasteiger partial charge in [-0.2, -0.15) is 0 Å². The van der Waals surface area contributed by atoms with Gasteiger partial charge < -0.3 is 10.1 Å². The Balaban J connectivity index is 1.36. The molecule has 1 amide bonds. The van der Waals surface area contributed by atoms with Gasteiger partial charge >= 0.3 is 0 Å². The number of nitrogens with zero attached hydrogens (tertiary/aromatic N) is 1. The van der Waals surface area contributed by atoms with Crippen LogP contribution in [0.4, 0.5) is 5.69 Å². The van der Waals surface area contributed by atoms with E-state index in [2.05, 4.69) is 5.32 Å². The summed E-state index contributed by atoms with van der Waals surface area (Å²) in [7, 11) is -3.50. The maximum Gasteiger partial charge on any atom is 0.251 e. The maximum atomic E-state index is 12.6. The SMILES string of the molecule is Cc1ccc(CN(c2ccc(C(=O)NCCOc3cccc4ccccc34)cc2)S(C)(=O)=O)cc1. The van der Waals surface area contributed by atoms with Gasteiger partial charge in [0.25, 0.3) is 5.91 Å². The first-order chi connectivity index (χ1) is 16.8. The summed E-state index contributed by atoms with van der Waals surface area (Å²) >= 11 is 0. The van der Waals surface area contributed by atoms with E-state index < -0.39 is 10.0 Å². The maximum absolute atomic E-state index is 12.6. The van der Waals surface area contributed by atoms with E-state index >= 15 is 0 Å². The molecule has 7 heteroatoms. The van der Waals surface area contributed by atoms with Crippen molar-refractivity contribution < 1.29 is 17.9 Å². The molecular formula is C28H28N2O4S. The Morgan fingerprint density at radius 2 is 1.57 bits per heavy atom. The Labute approximate surface area is 206 Å². The quantitative estimate of drug-likeness (QED) is 0.339. The van der Waals surface area contributed by atoms with Crippen molar-refractivity contribution in [3.63, 3.8) is 0 Å². The van der Waals surface area contributed by atoms with Crippen LogP contribution < -0.4 is 14.4 Å². The van der Waals surface area contributed by atoms with Gasteiger partial charge in [-0.15, -0.1) is 0 Å². The highest BCUT2D eigenvalue weighted by Crippen LogP contribution is 2.25. The molecule has 35 heavy (non-hydrogen) atoms. The van der Waals surface area contributed by atoms with Gasteiger partial charge in [-0.1, -0.05) is 66.2 Å². The standard InChI is InChI=1S/C28H28N2O4S/c1-21-10-12-22(13-11-21)20-30(35(2,32)33)25-16-14-24(15-17-25)28(31)29-18-19-34-27-9-5-7-23-6-3-4-8-26(23)27/h3-17H,18-20H2,1-2H3,(H,29,31). The molecule has 4 rings (SSSR count). The van der Waals surface area contributed by atoms with E-state index in [0.717, 1.165) is 27.6 Å². The molecule has 0 aliphatic heterocycles.